The van der Waals surface area contributed by atoms with E-state index in [1.165, 1.54) is 25.9 Å². The number of nitrogens with zero attached hydrogens (tertiary/aromatic N) is 2. The molecule has 1 atom stereocenters. The molecule has 1 fully saturated rings. The highest BCUT2D eigenvalue weighted by Crippen LogP contribution is 2.38. The van der Waals surface area contributed by atoms with E-state index in [2.05, 4.69) is 27.4 Å². The van der Waals surface area contributed by atoms with Crippen LogP contribution in [0, 0.1) is 0 Å². The first-order chi connectivity index (χ1) is 13.2. The largest absolute Gasteiger partial charge is 0.493 e. The Morgan fingerprint density at radius 3 is 2.14 bits per heavy atom. The van der Waals surface area contributed by atoms with Gasteiger partial charge in [0.05, 0.1) is 21.3 Å². The molecular weight excluding hydrogens is 471 g/mol. The van der Waals surface area contributed by atoms with Crippen molar-refractivity contribution in [2.75, 3.05) is 48.0 Å². The molecular formula is C20H35IN4O3. The molecule has 0 bridgehead atoms. The van der Waals surface area contributed by atoms with Crippen LogP contribution >= 0.6 is 24.0 Å². The number of hydrogen-bond donors (Lipinski definition) is 2. The Kier molecular flexibility index (Phi) is 11.4. The summed E-state index contributed by atoms with van der Waals surface area (Å²) in [6, 6.07) is 4.44. The summed E-state index contributed by atoms with van der Waals surface area (Å²) in [6.45, 7) is 6.16. The van der Waals surface area contributed by atoms with Crippen molar-refractivity contribution < 1.29 is 14.2 Å². The molecule has 1 aliphatic rings. The van der Waals surface area contributed by atoms with E-state index < -0.39 is 0 Å². The Morgan fingerprint density at radius 2 is 1.68 bits per heavy atom. The van der Waals surface area contributed by atoms with Gasteiger partial charge in [0.15, 0.2) is 17.5 Å². The third-order valence-corrected chi connectivity index (χ3v) is 5.04. The maximum Gasteiger partial charge on any atom is 0.203 e. The molecule has 0 aromatic heterocycles. The van der Waals surface area contributed by atoms with Gasteiger partial charge in [-0.15, -0.1) is 24.0 Å². The number of nitrogens with one attached hydrogen (secondary N) is 2. The SMILES string of the molecule is CCC(CNC(=NC)NCc1cc(OC)c(OC)c(OC)c1)N1CCCC1.I. The summed E-state index contributed by atoms with van der Waals surface area (Å²) in [6.07, 6.45) is 3.76. The first kappa shape index (κ1) is 24.6. The van der Waals surface area contributed by atoms with Crippen LogP contribution in [0.25, 0.3) is 0 Å². The summed E-state index contributed by atoms with van der Waals surface area (Å²) in [5, 5.41) is 6.82. The van der Waals surface area contributed by atoms with E-state index in [1.807, 2.05) is 12.1 Å². The number of benzene rings is 1. The molecule has 0 aliphatic carbocycles. The summed E-state index contributed by atoms with van der Waals surface area (Å²) in [7, 11) is 6.65. The molecule has 0 spiro atoms. The number of ether oxygens (including phenoxy) is 3. The summed E-state index contributed by atoms with van der Waals surface area (Å²) < 4.78 is 16.2. The van der Waals surface area contributed by atoms with Gasteiger partial charge in [0.1, 0.15) is 0 Å². The average Bonchev–Trinajstić information content (AvgIpc) is 3.24. The molecule has 0 radical (unpaired) electrons. The highest BCUT2D eigenvalue weighted by molar-refractivity contribution is 14.0. The molecule has 160 valence electrons. The van der Waals surface area contributed by atoms with Crippen LogP contribution in [0.1, 0.15) is 31.7 Å². The molecule has 0 saturated carbocycles. The molecule has 0 amide bonds. The van der Waals surface area contributed by atoms with Crippen molar-refractivity contribution in [3.05, 3.63) is 17.7 Å². The predicted molar refractivity (Wildman–Crippen MR) is 125 cm³/mol. The lowest BCUT2D eigenvalue weighted by atomic mass is 10.1. The zero-order chi connectivity index (χ0) is 19.6. The molecule has 2 N–H and O–H groups in total. The highest BCUT2D eigenvalue weighted by atomic mass is 127. The van der Waals surface area contributed by atoms with Crippen LogP contribution in [-0.4, -0.2) is 64.9 Å². The van der Waals surface area contributed by atoms with Crippen LogP contribution in [0.15, 0.2) is 17.1 Å². The maximum atomic E-state index is 5.42. The molecule has 1 unspecified atom stereocenters. The van der Waals surface area contributed by atoms with Crippen molar-refractivity contribution in [2.24, 2.45) is 4.99 Å². The minimum atomic E-state index is 0. The summed E-state index contributed by atoms with van der Waals surface area (Å²) in [5.74, 6) is 2.69. The number of likely N-dealkylation sites (tertiary alicyclic amines) is 1. The van der Waals surface area contributed by atoms with Gasteiger partial charge < -0.3 is 24.8 Å². The van der Waals surface area contributed by atoms with E-state index in [0.717, 1.165) is 24.5 Å². The first-order valence-electron chi connectivity index (χ1n) is 9.64. The third kappa shape index (κ3) is 6.58. The molecule has 1 aromatic carbocycles. The van der Waals surface area contributed by atoms with E-state index in [0.29, 0.717) is 29.8 Å². The summed E-state index contributed by atoms with van der Waals surface area (Å²) in [4.78, 5) is 6.91. The number of guanidine groups is 1. The second kappa shape index (κ2) is 12.9. The number of aliphatic imine (C=N–C) groups is 1. The number of hydrogen-bond acceptors (Lipinski definition) is 5. The van der Waals surface area contributed by atoms with Gasteiger partial charge in [-0.25, -0.2) is 0 Å². The Morgan fingerprint density at radius 1 is 1.07 bits per heavy atom. The number of halogens is 1. The van der Waals surface area contributed by atoms with Gasteiger partial charge in [0.25, 0.3) is 0 Å². The Balaban J connectivity index is 0.00000392. The minimum Gasteiger partial charge on any atom is -0.493 e. The Labute approximate surface area is 186 Å². The van der Waals surface area contributed by atoms with Crippen LogP contribution in [-0.2, 0) is 6.54 Å². The molecule has 8 heteroatoms. The van der Waals surface area contributed by atoms with Gasteiger partial charge in [0.2, 0.25) is 5.75 Å². The monoisotopic (exact) mass is 506 g/mol. The Bertz CT molecular complexity index is 596. The number of methoxy groups -OCH3 is 3. The van der Waals surface area contributed by atoms with Crippen molar-refractivity contribution in [2.45, 2.75) is 38.8 Å². The fraction of sp³-hybridized carbons (Fsp3) is 0.650. The van der Waals surface area contributed by atoms with E-state index in [4.69, 9.17) is 14.2 Å². The average molecular weight is 506 g/mol. The van der Waals surface area contributed by atoms with E-state index >= 15 is 0 Å². The van der Waals surface area contributed by atoms with Crippen LogP contribution in [0.4, 0.5) is 0 Å². The zero-order valence-corrected chi connectivity index (χ0v) is 20.0. The van der Waals surface area contributed by atoms with Gasteiger partial charge in [-0.3, -0.25) is 9.89 Å². The van der Waals surface area contributed by atoms with Gasteiger partial charge in [-0.2, -0.15) is 0 Å². The second-order valence-electron chi connectivity index (χ2n) is 6.65. The zero-order valence-electron chi connectivity index (χ0n) is 17.7. The second-order valence-corrected chi connectivity index (χ2v) is 6.65. The quantitative estimate of drug-likeness (QED) is 0.305. The molecule has 1 saturated heterocycles. The van der Waals surface area contributed by atoms with Crippen molar-refractivity contribution in [3.63, 3.8) is 0 Å². The van der Waals surface area contributed by atoms with Crippen LogP contribution in [0.3, 0.4) is 0 Å². The topological polar surface area (TPSA) is 67.4 Å². The third-order valence-electron chi connectivity index (χ3n) is 5.04. The van der Waals surface area contributed by atoms with Gasteiger partial charge in [-0.05, 0) is 50.0 Å². The van der Waals surface area contributed by atoms with Gasteiger partial charge in [0, 0.05) is 26.2 Å². The summed E-state index contributed by atoms with van der Waals surface area (Å²) >= 11 is 0. The van der Waals surface area contributed by atoms with Crippen LogP contribution < -0.4 is 24.8 Å². The minimum absolute atomic E-state index is 0. The predicted octanol–water partition coefficient (Wildman–Crippen LogP) is 2.87. The standard InChI is InChI=1S/C20H34N4O3.HI/c1-6-16(24-9-7-8-10-24)14-23-20(21-2)22-13-15-11-17(25-3)19(27-5)18(12-15)26-4;/h11-12,16H,6-10,13-14H2,1-5H3,(H2,21,22,23);1H. The Hall–Kier alpha value is -1.42. The van der Waals surface area contributed by atoms with Crippen molar-refractivity contribution in [1.82, 2.24) is 15.5 Å². The normalized spacial score (nSPS) is 15.5. The molecule has 1 heterocycles. The summed E-state index contributed by atoms with van der Waals surface area (Å²) in [5.41, 5.74) is 1.03. The van der Waals surface area contributed by atoms with Gasteiger partial charge in [-0.1, -0.05) is 6.92 Å². The number of rotatable bonds is 9. The fourth-order valence-corrected chi connectivity index (χ4v) is 3.50. The first-order valence-corrected chi connectivity index (χ1v) is 9.64. The van der Waals surface area contributed by atoms with E-state index in [1.54, 1.807) is 28.4 Å². The van der Waals surface area contributed by atoms with Crippen LogP contribution in [0.2, 0.25) is 0 Å². The lowest BCUT2D eigenvalue weighted by Gasteiger charge is -2.27. The van der Waals surface area contributed by atoms with Gasteiger partial charge >= 0.3 is 0 Å². The van der Waals surface area contributed by atoms with Crippen molar-refractivity contribution in [3.8, 4) is 17.2 Å². The molecule has 7 nitrogen and oxygen atoms in total. The molecule has 1 aliphatic heterocycles. The fourth-order valence-electron chi connectivity index (χ4n) is 3.50. The van der Waals surface area contributed by atoms with Crippen molar-refractivity contribution in [1.29, 1.82) is 0 Å². The lowest BCUT2D eigenvalue weighted by molar-refractivity contribution is 0.236. The molecule has 28 heavy (non-hydrogen) atoms. The molecule has 2 rings (SSSR count). The molecule has 1 aromatic rings. The lowest BCUT2D eigenvalue weighted by Crippen LogP contribution is -2.46. The van der Waals surface area contributed by atoms with Crippen LogP contribution in [0.5, 0.6) is 17.2 Å². The van der Waals surface area contributed by atoms with E-state index in [9.17, 15) is 0 Å². The smallest absolute Gasteiger partial charge is 0.203 e. The van der Waals surface area contributed by atoms with E-state index in [-0.39, 0.29) is 24.0 Å². The highest BCUT2D eigenvalue weighted by Gasteiger charge is 2.20. The van der Waals surface area contributed by atoms with Crippen molar-refractivity contribution >= 4 is 29.9 Å². The maximum absolute atomic E-state index is 5.42.